The Bertz CT molecular complexity index is 381. The Morgan fingerprint density at radius 2 is 2.31 bits per heavy atom. The maximum atomic E-state index is 11.9. The average molecular weight is 212 g/mol. The van der Waals surface area contributed by atoms with Gasteiger partial charge < -0.3 is 5.32 Å². The van der Waals surface area contributed by atoms with E-state index in [0.717, 1.165) is 6.42 Å². The summed E-state index contributed by atoms with van der Waals surface area (Å²) in [5.41, 5.74) is 0.513. The third-order valence-electron chi connectivity index (χ3n) is 2.55. The molecule has 1 N–H and O–H groups in total. The number of piperidine rings is 1. The van der Waals surface area contributed by atoms with Crippen molar-refractivity contribution in [3.8, 4) is 0 Å². The van der Waals surface area contributed by atoms with Crippen LogP contribution in [0, 0.1) is 5.92 Å². The molecule has 16 heavy (non-hydrogen) atoms. The van der Waals surface area contributed by atoms with Crippen LogP contribution in [-0.4, -0.2) is 42.1 Å². The fourth-order valence-corrected chi connectivity index (χ4v) is 1.73. The third kappa shape index (κ3) is 2.72. The monoisotopic (exact) mass is 212 g/mol. The number of ketones is 1. The normalized spacial score (nSPS) is 19.5. The van der Waals surface area contributed by atoms with Gasteiger partial charge in [-0.3, -0.25) is 14.6 Å². The fraction of sp³-hybridized carbons (Fsp3) is 0.364. The van der Waals surface area contributed by atoms with E-state index < -0.39 is 5.92 Å². The third-order valence-corrected chi connectivity index (χ3v) is 2.55. The van der Waals surface area contributed by atoms with Crippen LogP contribution in [0.1, 0.15) is 23.2 Å². The van der Waals surface area contributed by atoms with Crippen LogP contribution in [0.25, 0.3) is 0 Å². The quantitative estimate of drug-likeness (QED) is 0.431. The molecule has 0 aliphatic carbocycles. The van der Waals surface area contributed by atoms with Crippen molar-refractivity contribution in [2.45, 2.75) is 12.8 Å². The van der Waals surface area contributed by atoms with Crippen LogP contribution in [0.4, 0.5) is 0 Å². The molecule has 1 fully saturated rings. The number of nitrogens with zero attached hydrogens (tertiary/aromatic N) is 1. The number of carbonyl (C=O) groups excluding carboxylic acids is 2. The molecule has 4 nitrogen and oxygen atoms in total. The Balaban J connectivity index is 0.00000128. The second kappa shape index (κ2) is 5.83. The molecule has 0 saturated carbocycles. The first-order valence-electron chi connectivity index (χ1n) is 5.01. The maximum absolute atomic E-state index is 11.9. The molecule has 1 saturated heterocycles. The molecule has 1 aliphatic heterocycles. The molecular formula is C11H13LiN2O2. The topological polar surface area (TPSA) is 59.1 Å². The molecule has 1 amide bonds. The first kappa shape index (κ1) is 13.0. The zero-order chi connectivity index (χ0) is 10.7. The van der Waals surface area contributed by atoms with Crippen molar-refractivity contribution in [1.29, 1.82) is 0 Å². The molecule has 1 atom stereocenters. The number of carbonyl (C=O) groups is 2. The van der Waals surface area contributed by atoms with Gasteiger partial charge in [0.25, 0.3) is 0 Å². The van der Waals surface area contributed by atoms with Gasteiger partial charge in [0.1, 0.15) is 5.92 Å². The van der Waals surface area contributed by atoms with Gasteiger partial charge >= 0.3 is 18.9 Å². The van der Waals surface area contributed by atoms with Crippen LogP contribution in [0.3, 0.4) is 0 Å². The van der Waals surface area contributed by atoms with Gasteiger partial charge in [0.15, 0.2) is 5.78 Å². The minimum atomic E-state index is -0.525. The number of hydrogen-bond donors (Lipinski definition) is 1. The molecule has 0 radical (unpaired) electrons. The molecule has 0 aromatic carbocycles. The summed E-state index contributed by atoms with van der Waals surface area (Å²) in [5, 5.41) is 2.70. The molecule has 1 aromatic heterocycles. The first-order valence-corrected chi connectivity index (χ1v) is 5.01. The summed E-state index contributed by atoms with van der Waals surface area (Å²) in [6.45, 7) is 0.676. The van der Waals surface area contributed by atoms with Crippen LogP contribution < -0.4 is 5.32 Å². The van der Waals surface area contributed by atoms with Gasteiger partial charge in [-0.25, -0.2) is 0 Å². The van der Waals surface area contributed by atoms with Crippen molar-refractivity contribution in [3.63, 3.8) is 0 Å². The summed E-state index contributed by atoms with van der Waals surface area (Å²) in [6.07, 6.45) is 4.61. The van der Waals surface area contributed by atoms with E-state index in [0.29, 0.717) is 18.5 Å². The van der Waals surface area contributed by atoms with E-state index in [1.807, 2.05) is 0 Å². The SMILES string of the molecule is O=C1NCCCC1C(=O)c1cccnc1.[LiH]. The van der Waals surface area contributed by atoms with Crippen LogP contribution >= 0.6 is 0 Å². The number of aromatic nitrogens is 1. The van der Waals surface area contributed by atoms with E-state index in [9.17, 15) is 9.59 Å². The summed E-state index contributed by atoms with van der Waals surface area (Å²) >= 11 is 0. The van der Waals surface area contributed by atoms with Crippen molar-refractivity contribution >= 4 is 30.6 Å². The summed E-state index contributed by atoms with van der Waals surface area (Å²) in [6, 6.07) is 3.39. The van der Waals surface area contributed by atoms with Gasteiger partial charge in [-0.2, -0.15) is 0 Å². The number of amides is 1. The summed E-state index contributed by atoms with van der Waals surface area (Å²) in [4.78, 5) is 27.2. The summed E-state index contributed by atoms with van der Waals surface area (Å²) in [7, 11) is 0. The van der Waals surface area contributed by atoms with E-state index in [1.54, 1.807) is 18.3 Å². The van der Waals surface area contributed by atoms with E-state index >= 15 is 0 Å². The Labute approximate surface area is 106 Å². The van der Waals surface area contributed by atoms with Gasteiger partial charge in [-0.05, 0) is 25.0 Å². The van der Waals surface area contributed by atoms with Crippen molar-refractivity contribution < 1.29 is 9.59 Å². The average Bonchev–Trinajstić information content (AvgIpc) is 2.30. The van der Waals surface area contributed by atoms with Crippen LogP contribution in [0.15, 0.2) is 24.5 Å². The molecule has 1 unspecified atom stereocenters. The minimum absolute atomic E-state index is 0. The molecule has 0 spiro atoms. The number of rotatable bonds is 2. The number of Topliss-reactive ketones (excluding diaryl/α,β-unsaturated/α-hetero) is 1. The number of pyridine rings is 1. The van der Waals surface area contributed by atoms with E-state index in [2.05, 4.69) is 10.3 Å². The molecule has 2 heterocycles. The van der Waals surface area contributed by atoms with E-state index in [-0.39, 0.29) is 30.6 Å². The predicted octanol–water partition coefficient (Wildman–Crippen LogP) is 0.142. The molecule has 5 heteroatoms. The van der Waals surface area contributed by atoms with Crippen molar-refractivity contribution in [2.75, 3.05) is 6.54 Å². The molecule has 1 aromatic rings. The van der Waals surface area contributed by atoms with Gasteiger partial charge in [-0.15, -0.1) is 0 Å². The molecule has 2 rings (SSSR count). The van der Waals surface area contributed by atoms with E-state index in [1.165, 1.54) is 6.20 Å². The number of nitrogens with one attached hydrogen (secondary N) is 1. The Kier molecular flexibility index (Phi) is 4.72. The Morgan fingerprint density at radius 1 is 1.50 bits per heavy atom. The molecule has 0 bridgehead atoms. The second-order valence-corrected chi connectivity index (χ2v) is 3.59. The Morgan fingerprint density at radius 3 is 2.94 bits per heavy atom. The van der Waals surface area contributed by atoms with Gasteiger partial charge in [-0.1, -0.05) is 0 Å². The standard InChI is InChI=1S/C11H12N2O2.Li.H/c14-10(8-3-1-5-12-7-8)9-4-2-6-13-11(9)15;;/h1,3,5,7,9H,2,4,6H2,(H,13,15);;. The summed E-state index contributed by atoms with van der Waals surface area (Å²) < 4.78 is 0. The van der Waals surface area contributed by atoms with Gasteiger partial charge in [0.2, 0.25) is 5.91 Å². The first-order chi connectivity index (χ1) is 7.29. The molecule has 1 aliphatic rings. The second-order valence-electron chi connectivity index (χ2n) is 3.59. The van der Waals surface area contributed by atoms with E-state index in [4.69, 9.17) is 0 Å². The van der Waals surface area contributed by atoms with Gasteiger partial charge in [0.05, 0.1) is 0 Å². The van der Waals surface area contributed by atoms with Crippen LogP contribution in [-0.2, 0) is 4.79 Å². The van der Waals surface area contributed by atoms with Crippen molar-refractivity contribution in [3.05, 3.63) is 30.1 Å². The zero-order valence-corrected chi connectivity index (χ0v) is 8.27. The fourth-order valence-electron chi connectivity index (χ4n) is 1.73. The van der Waals surface area contributed by atoms with Crippen LogP contribution in [0.5, 0.6) is 0 Å². The van der Waals surface area contributed by atoms with Crippen molar-refractivity contribution in [2.24, 2.45) is 5.92 Å². The predicted molar refractivity (Wildman–Crippen MR) is 61.5 cm³/mol. The molecule has 80 valence electrons. The van der Waals surface area contributed by atoms with Gasteiger partial charge in [0, 0.05) is 24.5 Å². The number of hydrogen-bond acceptors (Lipinski definition) is 3. The summed E-state index contributed by atoms with van der Waals surface area (Å²) in [5.74, 6) is -0.807. The van der Waals surface area contributed by atoms with Crippen LogP contribution in [0.2, 0.25) is 0 Å². The zero-order valence-electron chi connectivity index (χ0n) is 8.27. The Hall–Kier alpha value is -1.11. The molecular weight excluding hydrogens is 199 g/mol. The van der Waals surface area contributed by atoms with Crippen molar-refractivity contribution in [1.82, 2.24) is 10.3 Å².